The van der Waals surface area contributed by atoms with E-state index in [4.69, 9.17) is 14.2 Å². The zero-order chi connectivity index (χ0) is 36.3. The lowest BCUT2D eigenvalue weighted by Crippen LogP contribution is -2.28. The van der Waals surface area contributed by atoms with Crippen LogP contribution >= 0.6 is 0 Å². The van der Waals surface area contributed by atoms with Crippen molar-refractivity contribution in [3.8, 4) is 11.5 Å². The van der Waals surface area contributed by atoms with Gasteiger partial charge in [-0.2, -0.15) is 0 Å². The Morgan fingerprint density at radius 3 is 1.32 bits per heavy atom. The molecule has 0 N–H and O–H groups in total. The highest BCUT2D eigenvalue weighted by molar-refractivity contribution is 5.84. The summed E-state index contributed by atoms with van der Waals surface area (Å²) in [6.45, 7) is 37.8. The Kier molecular flexibility index (Phi) is 12.4. The third kappa shape index (κ3) is 9.30. The van der Waals surface area contributed by atoms with Gasteiger partial charge in [0.2, 0.25) is 0 Å². The van der Waals surface area contributed by atoms with Gasteiger partial charge in [-0.15, -0.1) is 0 Å². The molecule has 0 aromatic heterocycles. The number of ether oxygens (including phenoxy) is 3. The molecule has 2 rings (SSSR count). The van der Waals surface area contributed by atoms with Crippen molar-refractivity contribution in [2.24, 2.45) is 0 Å². The molecule has 47 heavy (non-hydrogen) atoms. The van der Waals surface area contributed by atoms with Crippen LogP contribution in [0, 0.1) is 0 Å². The molecule has 0 aliphatic heterocycles. The van der Waals surface area contributed by atoms with Crippen LogP contribution in [0.25, 0.3) is 0 Å². The fraction of sp³-hybridized carbons (Fsp3) is 0.619. The van der Waals surface area contributed by atoms with Gasteiger partial charge in [0.25, 0.3) is 0 Å². The minimum atomic E-state index is -0.742. The Morgan fingerprint density at radius 1 is 0.638 bits per heavy atom. The van der Waals surface area contributed by atoms with Crippen LogP contribution in [0.5, 0.6) is 11.5 Å². The van der Waals surface area contributed by atoms with Gasteiger partial charge in [-0.25, -0.2) is 9.59 Å². The molecule has 0 bridgehead atoms. The van der Waals surface area contributed by atoms with Crippen molar-refractivity contribution in [3.63, 3.8) is 0 Å². The summed E-state index contributed by atoms with van der Waals surface area (Å²) in [4.78, 5) is 26.4. The van der Waals surface area contributed by atoms with Crippen LogP contribution in [0.4, 0.5) is 4.79 Å². The van der Waals surface area contributed by atoms with E-state index in [-0.39, 0.29) is 27.6 Å². The van der Waals surface area contributed by atoms with Crippen LogP contribution in [0.2, 0.25) is 0 Å². The van der Waals surface area contributed by atoms with E-state index < -0.39 is 17.7 Å². The van der Waals surface area contributed by atoms with Crippen LogP contribution < -0.4 is 9.47 Å². The van der Waals surface area contributed by atoms with Crippen LogP contribution in [-0.2, 0) is 31.2 Å². The molecule has 0 heterocycles. The third-order valence-electron chi connectivity index (χ3n) is 10.7. The minimum Gasteiger partial charge on any atom is -0.428 e. The zero-order valence-corrected chi connectivity index (χ0v) is 32.5. The van der Waals surface area contributed by atoms with E-state index in [1.54, 1.807) is 0 Å². The van der Waals surface area contributed by atoms with Gasteiger partial charge in [0.15, 0.2) is 0 Å². The van der Waals surface area contributed by atoms with Crippen molar-refractivity contribution in [1.29, 1.82) is 0 Å². The Labute approximate surface area is 286 Å². The molecule has 1 unspecified atom stereocenters. The summed E-state index contributed by atoms with van der Waals surface area (Å²) >= 11 is 0. The molecule has 0 radical (unpaired) electrons. The van der Waals surface area contributed by atoms with Gasteiger partial charge >= 0.3 is 12.1 Å². The highest BCUT2D eigenvalue weighted by Gasteiger charge is 2.36. The molecule has 0 saturated carbocycles. The van der Waals surface area contributed by atoms with Crippen LogP contribution in [0.3, 0.4) is 0 Å². The Balaban J connectivity index is 3.24. The van der Waals surface area contributed by atoms with E-state index in [9.17, 15) is 9.59 Å². The largest absolute Gasteiger partial charge is 0.514 e. The molecule has 5 heteroatoms. The molecule has 0 saturated heterocycles. The van der Waals surface area contributed by atoms with Gasteiger partial charge in [0.1, 0.15) is 17.1 Å². The minimum absolute atomic E-state index is 0.134. The summed E-state index contributed by atoms with van der Waals surface area (Å²) in [5, 5.41) is 0. The average Bonchev–Trinajstić information content (AvgIpc) is 2.99. The van der Waals surface area contributed by atoms with Gasteiger partial charge in [-0.3, -0.25) is 0 Å². The van der Waals surface area contributed by atoms with Crippen LogP contribution in [0.1, 0.15) is 176 Å². The quantitative estimate of drug-likeness (QED) is 0.0936. The number of hydrogen-bond acceptors (Lipinski definition) is 5. The first-order chi connectivity index (χ1) is 21.4. The second-order valence-electron chi connectivity index (χ2n) is 16.7. The molecule has 5 nitrogen and oxygen atoms in total. The highest BCUT2D eigenvalue weighted by Crippen LogP contribution is 2.49. The van der Waals surface area contributed by atoms with E-state index >= 15 is 0 Å². The first-order valence-corrected chi connectivity index (χ1v) is 17.5. The second-order valence-corrected chi connectivity index (χ2v) is 16.7. The van der Waals surface area contributed by atoms with E-state index in [1.165, 1.54) is 17.2 Å². The maximum Gasteiger partial charge on any atom is 0.514 e. The molecule has 2 aromatic carbocycles. The van der Waals surface area contributed by atoms with Crippen molar-refractivity contribution < 1.29 is 23.8 Å². The number of benzene rings is 2. The predicted octanol–water partition coefficient (Wildman–Crippen LogP) is 12.0. The molecular formula is C42H64O5. The first kappa shape index (κ1) is 40.1. The maximum atomic E-state index is 13.4. The number of rotatable bonds is 13. The normalized spacial score (nSPS) is 13.6. The van der Waals surface area contributed by atoms with Crippen LogP contribution in [0.15, 0.2) is 36.9 Å². The van der Waals surface area contributed by atoms with Crippen LogP contribution in [-0.4, -0.2) is 17.7 Å². The Bertz CT molecular complexity index is 1450. The molecule has 2 aromatic rings. The number of esters is 1. The lowest BCUT2D eigenvalue weighted by molar-refractivity contribution is -0.129. The fourth-order valence-corrected chi connectivity index (χ4v) is 5.41. The standard InChI is InChI=1S/C42H64O5/c1-18-34(43)45-35-30(23-28(39(10,11)19-2)25-32(35)41(14,15)21-4)27(6)31-24-29(40(12,13)20-3)26-33(42(16,17)22-5)36(31)46-37(44)47-38(7,8)9/h18,23-27H,1,19-22H2,2-17H3. The topological polar surface area (TPSA) is 61.8 Å². The summed E-state index contributed by atoms with van der Waals surface area (Å²) < 4.78 is 18.2. The second kappa shape index (κ2) is 14.6. The molecule has 0 amide bonds. The van der Waals surface area contributed by atoms with Crippen molar-refractivity contribution in [3.05, 3.63) is 70.3 Å². The zero-order valence-electron chi connectivity index (χ0n) is 32.5. The van der Waals surface area contributed by atoms with Crippen molar-refractivity contribution in [2.75, 3.05) is 0 Å². The molecule has 262 valence electrons. The van der Waals surface area contributed by atoms with Gasteiger partial charge in [0.05, 0.1) is 0 Å². The average molecular weight is 649 g/mol. The summed E-state index contributed by atoms with van der Waals surface area (Å²) in [6.07, 6.45) is 4.01. The molecule has 0 aliphatic carbocycles. The molecule has 0 fully saturated rings. The monoisotopic (exact) mass is 648 g/mol. The van der Waals surface area contributed by atoms with E-state index in [0.717, 1.165) is 47.9 Å². The smallest absolute Gasteiger partial charge is 0.428 e. The molecular weight excluding hydrogens is 584 g/mol. The molecule has 0 spiro atoms. The van der Waals surface area contributed by atoms with Crippen molar-refractivity contribution in [1.82, 2.24) is 0 Å². The van der Waals surface area contributed by atoms with E-state index in [1.807, 2.05) is 20.8 Å². The summed E-state index contributed by atoms with van der Waals surface area (Å²) in [5.74, 6) is 0.224. The fourth-order valence-electron chi connectivity index (χ4n) is 5.41. The highest BCUT2D eigenvalue weighted by atomic mass is 16.7. The number of carbonyl (C=O) groups excluding carboxylic acids is 2. The summed E-state index contributed by atoms with van der Waals surface area (Å²) in [7, 11) is 0. The van der Waals surface area contributed by atoms with E-state index in [0.29, 0.717) is 11.5 Å². The van der Waals surface area contributed by atoms with Gasteiger partial charge in [0, 0.05) is 34.2 Å². The molecule has 1 atom stereocenters. The Morgan fingerprint density at radius 2 is 1.00 bits per heavy atom. The lowest BCUT2D eigenvalue weighted by atomic mass is 9.71. The Hall–Kier alpha value is -3.08. The third-order valence-corrected chi connectivity index (χ3v) is 10.7. The van der Waals surface area contributed by atoms with Gasteiger partial charge in [-0.1, -0.05) is 121 Å². The van der Waals surface area contributed by atoms with Crippen molar-refractivity contribution in [2.45, 2.75) is 170 Å². The SMILES string of the molecule is C=CC(=O)Oc1c(C(C)c2cc(C(C)(C)CC)cc(C(C)(C)CC)c2OC(=O)OC(C)(C)C)cc(C(C)(C)CC)cc1C(C)(C)CC. The van der Waals surface area contributed by atoms with Crippen molar-refractivity contribution >= 4 is 12.1 Å². The number of carbonyl (C=O) groups is 2. The maximum absolute atomic E-state index is 13.4. The van der Waals surface area contributed by atoms with Gasteiger partial charge < -0.3 is 14.2 Å². The lowest BCUT2D eigenvalue weighted by Gasteiger charge is -2.35. The molecule has 0 aliphatic rings. The summed E-state index contributed by atoms with van der Waals surface area (Å²) in [6, 6.07) is 8.80. The summed E-state index contributed by atoms with van der Waals surface area (Å²) in [5.41, 5.74) is 4.39. The van der Waals surface area contributed by atoms with E-state index in [2.05, 4.69) is 121 Å². The first-order valence-electron chi connectivity index (χ1n) is 17.5. The van der Waals surface area contributed by atoms with Gasteiger partial charge in [-0.05, 0) is 79.2 Å². The predicted molar refractivity (Wildman–Crippen MR) is 196 cm³/mol. The number of hydrogen-bond donors (Lipinski definition) is 0.